The summed E-state index contributed by atoms with van der Waals surface area (Å²) in [6.07, 6.45) is 2.36. The highest BCUT2D eigenvalue weighted by atomic mass is 16.7. The van der Waals surface area contributed by atoms with E-state index in [1.165, 1.54) is 12.8 Å². The van der Waals surface area contributed by atoms with Crippen LogP contribution in [-0.4, -0.2) is 51.8 Å². The fourth-order valence-corrected chi connectivity index (χ4v) is 5.42. The first kappa shape index (κ1) is 21.1. The third-order valence-corrected chi connectivity index (χ3v) is 7.30. The molecule has 0 spiro atoms. The molecule has 0 aromatic heterocycles. The van der Waals surface area contributed by atoms with E-state index < -0.39 is 5.72 Å². The minimum atomic E-state index is -0.488. The van der Waals surface area contributed by atoms with Crippen LogP contribution in [-0.2, 0) is 0 Å². The Morgan fingerprint density at radius 3 is 2.09 bits per heavy atom. The molecule has 3 aliphatic rings. The van der Waals surface area contributed by atoms with Crippen LogP contribution in [0, 0.1) is 5.92 Å². The van der Waals surface area contributed by atoms with Crippen molar-refractivity contribution in [1.82, 2.24) is 4.90 Å². The van der Waals surface area contributed by atoms with Crippen LogP contribution in [0.4, 0.5) is 0 Å². The van der Waals surface area contributed by atoms with Crippen molar-refractivity contribution in [2.24, 2.45) is 5.92 Å². The van der Waals surface area contributed by atoms with Crippen LogP contribution in [0.5, 0.6) is 34.5 Å². The van der Waals surface area contributed by atoms with Gasteiger partial charge in [0.2, 0.25) is 6.79 Å². The molecule has 172 valence electrons. The maximum atomic E-state index is 6.77. The number of hydrogen-bond acceptors (Lipinski definition) is 7. The van der Waals surface area contributed by atoms with Gasteiger partial charge >= 0.3 is 0 Å². The summed E-state index contributed by atoms with van der Waals surface area (Å²) in [7, 11) is 5.01. The predicted octanol–water partition coefficient (Wildman–Crippen LogP) is 4.41. The molecular weight excluding hydrogens is 410 g/mol. The van der Waals surface area contributed by atoms with Gasteiger partial charge in [-0.2, -0.15) is 0 Å². The molecule has 3 aliphatic heterocycles. The maximum Gasteiger partial charge on any atom is 0.231 e. The van der Waals surface area contributed by atoms with E-state index in [0.717, 1.165) is 53.0 Å². The molecule has 0 aliphatic carbocycles. The summed E-state index contributed by atoms with van der Waals surface area (Å²) in [6, 6.07) is 7.85. The highest BCUT2D eigenvalue weighted by Crippen LogP contribution is 2.56. The van der Waals surface area contributed by atoms with E-state index in [4.69, 9.17) is 28.4 Å². The lowest BCUT2D eigenvalue weighted by Crippen LogP contribution is -2.57. The zero-order valence-electron chi connectivity index (χ0n) is 19.4. The first-order valence-electron chi connectivity index (χ1n) is 11.2. The SMILES string of the molecule is COc1cc(OC)c([C@@H]2c3cc4c(cc3O[C@@](C)(N3CCCC3)[C@H]2C)OCO4)c(OC)c1. The maximum absolute atomic E-state index is 6.77. The molecule has 0 unspecified atom stereocenters. The van der Waals surface area contributed by atoms with Gasteiger partial charge in [0, 0.05) is 54.3 Å². The van der Waals surface area contributed by atoms with Crippen molar-refractivity contribution in [2.75, 3.05) is 41.2 Å². The molecule has 3 atom stereocenters. The number of fused-ring (bicyclic) bond motifs is 2. The van der Waals surface area contributed by atoms with Crippen molar-refractivity contribution in [2.45, 2.75) is 38.3 Å². The largest absolute Gasteiger partial charge is 0.496 e. The van der Waals surface area contributed by atoms with Crippen LogP contribution in [0.2, 0.25) is 0 Å². The van der Waals surface area contributed by atoms with Gasteiger partial charge in [0.25, 0.3) is 0 Å². The van der Waals surface area contributed by atoms with E-state index >= 15 is 0 Å². The number of hydrogen-bond donors (Lipinski definition) is 0. The minimum absolute atomic E-state index is 0.0466. The number of nitrogens with zero attached hydrogens (tertiary/aromatic N) is 1. The summed E-state index contributed by atoms with van der Waals surface area (Å²) in [5.41, 5.74) is 1.54. The van der Waals surface area contributed by atoms with Crippen molar-refractivity contribution in [3.05, 3.63) is 35.4 Å². The van der Waals surface area contributed by atoms with Crippen molar-refractivity contribution in [1.29, 1.82) is 0 Å². The molecule has 32 heavy (non-hydrogen) atoms. The predicted molar refractivity (Wildman–Crippen MR) is 120 cm³/mol. The average molecular weight is 442 g/mol. The Bertz CT molecular complexity index is 993. The van der Waals surface area contributed by atoms with E-state index in [0.29, 0.717) is 5.75 Å². The molecule has 1 saturated heterocycles. The van der Waals surface area contributed by atoms with Gasteiger partial charge in [-0.25, -0.2) is 0 Å². The summed E-state index contributed by atoms with van der Waals surface area (Å²) in [6.45, 7) is 6.71. The molecule has 0 amide bonds. The Morgan fingerprint density at radius 2 is 1.50 bits per heavy atom. The number of methoxy groups -OCH3 is 3. The molecule has 7 heteroatoms. The second-order valence-electron chi connectivity index (χ2n) is 8.81. The van der Waals surface area contributed by atoms with Gasteiger partial charge in [-0.05, 0) is 25.8 Å². The van der Waals surface area contributed by atoms with Crippen LogP contribution in [0.15, 0.2) is 24.3 Å². The van der Waals surface area contributed by atoms with Gasteiger partial charge in [0.1, 0.15) is 23.0 Å². The highest BCUT2D eigenvalue weighted by molar-refractivity contribution is 5.61. The van der Waals surface area contributed by atoms with Gasteiger partial charge in [-0.1, -0.05) is 6.92 Å². The molecule has 2 aromatic carbocycles. The zero-order chi connectivity index (χ0) is 22.5. The van der Waals surface area contributed by atoms with E-state index in [1.807, 2.05) is 24.3 Å². The summed E-state index contributed by atoms with van der Waals surface area (Å²) in [5, 5.41) is 0. The lowest BCUT2D eigenvalue weighted by atomic mass is 9.73. The van der Waals surface area contributed by atoms with E-state index in [1.54, 1.807) is 21.3 Å². The van der Waals surface area contributed by atoms with Gasteiger partial charge in [-0.3, -0.25) is 4.90 Å². The second-order valence-corrected chi connectivity index (χ2v) is 8.81. The summed E-state index contributed by atoms with van der Waals surface area (Å²) >= 11 is 0. The molecule has 2 aromatic rings. The standard InChI is InChI=1S/C25H31NO6/c1-15-23(24-21(28-4)10-16(27-3)11-22(24)29-5)17-12-19-20(31-14-30-19)13-18(17)32-25(15,2)26-8-6-7-9-26/h10-13,15,23H,6-9,14H2,1-5H3/t15-,23-,25+/m0/s1. The number of ether oxygens (including phenoxy) is 6. The van der Waals surface area contributed by atoms with Crippen molar-refractivity contribution in [3.8, 4) is 34.5 Å². The van der Waals surface area contributed by atoms with E-state index in [2.05, 4.69) is 18.7 Å². The topological polar surface area (TPSA) is 58.6 Å². The van der Waals surface area contributed by atoms with E-state index in [-0.39, 0.29) is 18.6 Å². The summed E-state index contributed by atoms with van der Waals surface area (Å²) < 4.78 is 35.4. The van der Waals surface area contributed by atoms with Gasteiger partial charge in [0.15, 0.2) is 17.2 Å². The smallest absolute Gasteiger partial charge is 0.231 e. The Hall–Kier alpha value is -2.80. The van der Waals surface area contributed by atoms with Crippen LogP contribution < -0.4 is 28.4 Å². The molecule has 7 nitrogen and oxygen atoms in total. The van der Waals surface area contributed by atoms with Crippen molar-refractivity contribution < 1.29 is 28.4 Å². The number of benzene rings is 2. The fourth-order valence-electron chi connectivity index (χ4n) is 5.42. The quantitative estimate of drug-likeness (QED) is 0.681. The third-order valence-electron chi connectivity index (χ3n) is 7.30. The Labute approximate surface area is 189 Å². The van der Waals surface area contributed by atoms with Gasteiger partial charge in [0.05, 0.1) is 21.3 Å². The lowest BCUT2D eigenvalue weighted by Gasteiger charge is -2.50. The van der Waals surface area contributed by atoms with Crippen LogP contribution in [0.1, 0.15) is 43.7 Å². The van der Waals surface area contributed by atoms with Gasteiger partial charge < -0.3 is 28.4 Å². The molecule has 3 heterocycles. The molecule has 1 fully saturated rings. The molecule has 0 saturated carbocycles. The summed E-state index contributed by atoms with van der Waals surface area (Å²) in [5.74, 6) is 4.47. The first-order chi connectivity index (χ1) is 15.5. The Morgan fingerprint density at radius 1 is 0.875 bits per heavy atom. The van der Waals surface area contributed by atoms with Crippen LogP contribution in [0.3, 0.4) is 0 Å². The van der Waals surface area contributed by atoms with Crippen molar-refractivity contribution >= 4 is 0 Å². The van der Waals surface area contributed by atoms with E-state index in [9.17, 15) is 0 Å². The monoisotopic (exact) mass is 441 g/mol. The number of likely N-dealkylation sites (tertiary alicyclic amines) is 1. The second kappa shape index (κ2) is 7.96. The molecule has 5 rings (SSSR count). The normalized spacial score (nSPS) is 26.4. The molecule has 0 bridgehead atoms. The first-order valence-corrected chi connectivity index (χ1v) is 11.2. The number of rotatable bonds is 5. The average Bonchev–Trinajstić information content (AvgIpc) is 3.50. The zero-order valence-corrected chi connectivity index (χ0v) is 19.4. The molecule has 0 N–H and O–H groups in total. The highest BCUT2D eigenvalue weighted by Gasteiger charge is 2.51. The van der Waals surface area contributed by atoms with Crippen LogP contribution in [0.25, 0.3) is 0 Å². The molecular formula is C25H31NO6. The Kier molecular flexibility index (Phi) is 5.24. The van der Waals surface area contributed by atoms with Crippen molar-refractivity contribution in [3.63, 3.8) is 0 Å². The third kappa shape index (κ3) is 3.13. The Balaban J connectivity index is 1.74. The summed E-state index contributed by atoms with van der Waals surface area (Å²) in [4.78, 5) is 2.46. The fraction of sp³-hybridized carbons (Fsp3) is 0.520. The van der Waals surface area contributed by atoms with Gasteiger partial charge in [-0.15, -0.1) is 0 Å². The minimum Gasteiger partial charge on any atom is -0.496 e. The lowest BCUT2D eigenvalue weighted by molar-refractivity contribution is -0.114. The molecule has 0 radical (unpaired) electrons. The van der Waals surface area contributed by atoms with Crippen LogP contribution >= 0.6 is 0 Å².